The van der Waals surface area contributed by atoms with Gasteiger partial charge >= 0.3 is 6.18 Å². The summed E-state index contributed by atoms with van der Waals surface area (Å²) >= 11 is 0. The van der Waals surface area contributed by atoms with Gasteiger partial charge < -0.3 is 5.11 Å². The summed E-state index contributed by atoms with van der Waals surface area (Å²) in [5, 5.41) is 9.53. The summed E-state index contributed by atoms with van der Waals surface area (Å²) in [5.74, 6) is 0.108. The molecule has 0 aromatic heterocycles. The molecule has 0 heterocycles. The Hall–Kier alpha value is -1.97. The Morgan fingerprint density at radius 3 is 2.37 bits per heavy atom. The van der Waals surface area contributed by atoms with Gasteiger partial charge in [0.15, 0.2) is 0 Å². The Bertz CT molecular complexity index is 568. The Morgan fingerprint density at radius 1 is 1.00 bits per heavy atom. The third-order valence-electron chi connectivity index (χ3n) is 2.73. The predicted molar refractivity (Wildman–Crippen MR) is 68.0 cm³/mol. The Balaban J connectivity index is 2.37. The maximum atomic E-state index is 12.4. The SMILES string of the molecule is Cc1cc(O)cc(-c2cccc(CC(F)(F)F)c2)c1. The third kappa shape index (κ3) is 3.74. The van der Waals surface area contributed by atoms with Crippen LogP contribution in [-0.4, -0.2) is 11.3 Å². The van der Waals surface area contributed by atoms with Gasteiger partial charge in [0, 0.05) is 0 Å². The topological polar surface area (TPSA) is 20.2 Å². The van der Waals surface area contributed by atoms with Gasteiger partial charge in [-0.15, -0.1) is 0 Å². The molecule has 0 aliphatic heterocycles. The molecular formula is C15H13F3O. The number of benzene rings is 2. The van der Waals surface area contributed by atoms with Crippen molar-refractivity contribution in [2.75, 3.05) is 0 Å². The molecule has 0 spiro atoms. The molecule has 0 bridgehead atoms. The highest BCUT2D eigenvalue weighted by Crippen LogP contribution is 2.28. The number of hydrogen-bond donors (Lipinski definition) is 1. The Morgan fingerprint density at radius 2 is 1.74 bits per heavy atom. The average Bonchev–Trinajstić information content (AvgIpc) is 2.25. The highest BCUT2D eigenvalue weighted by molar-refractivity contribution is 5.66. The van der Waals surface area contributed by atoms with Crippen molar-refractivity contribution in [3.8, 4) is 16.9 Å². The Labute approximate surface area is 109 Å². The molecule has 0 saturated heterocycles. The molecule has 2 aromatic rings. The van der Waals surface area contributed by atoms with Crippen LogP contribution in [0.5, 0.6) is 5.75 Å². The predicted octanol–water partition coefficient (Wildman–Crippen LogP) is 4.47. The third-order valence-corrected chi connectivity index (χ3v) is 2.73. The minimum absolute atomic E-state index is 0.108. The second-order valence-corrected chi connectivity index (χ2v) is 4.55. The number of halogens is 3. The van der Waals surface area contributed by atoms with E-state index in [-0.39, 0.29) is 11.3 Å². The number of rotatable bonds is 2. The first-order valence-electron chi connectivity index (χ1n) is 5.80. The molecule has 19 heavy (non-hydrogen) atoms. The molecule has 1 N–H and O–H groups in total. The minimum Gasteiger partial charge on any atom is -0.508 e. The number of phenolic OH excluding ortho intramolecular Hbond substituents is 1. The van der Waals surface area contributed by atoms with Crippen molar-refractivity contribution >= 4 is 0 Å². The van der Waals surface area contributed by atoms with Gasteiger partial charge in [-0.3, -0.25) is 0 Å². The molecule has 0 aliphatic rings. The zero-order valence-corrected chi connectivity index (χ0v) is 10.3. The molecule has 0 amide bonds. The van der Waals surface area contributed by atoms with Crippen molar-refractivity contribution < 1.29 is 18.3 Å². The van der Waals surface area contributed by atoms with Gasteiger partial charge in [-0.2, -0.15) is 13.2 Å². The first-order valence-corrected chi connectivity index (χ1v) is 5.80. The maximum Gasteiger partial charge on any atom is 0.393 e. The maximum absolute atomic E-state index is 12.4. The molecule has 2 aromatic carbocycles. The summed E-state index contributed by atoms with van der Waals surface area (Å²) in [6.45, 7) is 1.82. The highest BCUT2D eigenvalue weighted by atomic mass is 19.4. The lowest BCUT2D eigenvalue weighted by Crippen LogP contribution is -2.11. The first-order chi connectivity index (χ1) is 8.83. The van der Waals surface area contributed by atoms with E-state index in [2.05, 4.69) is 0 Å². The minimum atomic E-state index is -4.21. The van der Waals surface area contributed by atoms with E-state index in [1.54, 1.807) is 24.3 Å². The number of aryl methyl sites for hydroxylation is 1. The van der Waals surface area contributed by atoms with E-state index in [0.29, 0.717) is 11.1 Å². The van der Waals surface area contributed by atoms with E-state index < -0.39 is 12.6 Å². The van der Waals surface area contributed by atoms with Gasteiger partial charge in [0.05, 0.1) is 6.42 Å². The lowest BCUT2D eigenvalue weighted by atomic mass is 10.00. The van der Waals surface area contributed by atoms with Crippen LogP contribution in [-0.2, 0) is 6.42 Å². The van der Waals surface area contributed by atoms with Gasteiger partial charge in [-0.1, -0.05) is 30.3 Å². The second kappa shape index (κ2) is 4.96. The molecule has 4 heteroatoms. The van der Waals surface area contributed by atoms with Gasteiger partial charge in [-0.05, 0) is 41.3 Å². The molecule has 100 valence electrons. The molecule has 1 nitrogen and oxygen atoms in total. The largest absolute Gasteiger partial charge is 0.508 e. The molecule has 0 saturated carbocycles. The van der Waals surface area contributed by atoms with Crippen molar-refractivity contribution in [3.63, 3.8) is 0 Å². The van der Waals surface area contributed by atoms with Crippen LogP contribution in [0, 0.1) is 6.92 Å². The highest BCUT2D eigenvalue weighted by Gasteiger charge is 2.27. The van der Waals surface area contributed by atoms with Crippen LogP contribution in [0.1, 0.15) is 11.1 Å². The molecule has 0 radical (unpaired) electrons. The molecule has 2 rings (SSSR count). The van der Waals surface area contributed by atoms with Crippen molar-refractivity contribution in [1.29, 1.82) is 0 Å². The number of alkyl halides is 3. The fourth-order valence-corrected chi connectivity index (χ4v) is 2.02. The normalized spacial score (nSPS) is 11.6. The monoisotopic (exact) mass is 266 g/mol. The van der Waals surface area contributed by atoms with E-state index in [1.807, 2.05) is 13.0 Å². The van der Waals surface area contributed by atoms with Crippen LogP contribution < -0.4 is 0 Å². The summed E-state index contributed by atoms with van der Waals surface area (Å²) in [5.41, 5.74) is 2.45. The summed E-state index contributed by atoms with van der Waals surface area (Å²) in [6, 6.07) is 11.2. The van der Waals surface area contributed by atoms with Crippen LogP contribution in [0.15, 0.2) is 42.5 Å². The van der Waals surface area contributed by atoms with E-state index in [4.69, 9.17) is 0 Å². The van der Waals surface area contributed by atoms with Gasteiger partial charge in [0.1, 0.15) is 5.75 Å². The molecule has 0 unspecified atom stereocenters. The smallest absolute Gasteiger partial charge is 0.393 e. The summed E-state index contributed by atoms with van der Waals surface area (Å²) < 4.78 is 37.1. The molecule has 0 fully saturated rings. The fraction of sp³-hybridized carbons (Fsp3) is 0.200. The van der Waals surface area contributed by atoms with Crippen molar-refractivity contribution in [2.45, 2.75) is 19.5 Å². The first kappa shape index (κ1) is 13.5. The molecule has 0 aliphatic carbocycles. The summed E-state index contributed by atoms with van der Waals surface area (Å²) in [4.78, 5) is 0. The lowest BCUT2D eigenvalue weighted by Gasteiger charge is -2.09. The van der Waals surface area contributed by atoms with Gasteiger partial charge in [0.25, 0.3) is 0 Å². The van der Waals surface area contributed by atoms with E-state index in [9.17, 15) is 18.3 Å². The summed E-state index contributed by atoms with van der Waals surface area (Å²) in [6.07, 6.45) is -5.16. The van der Waals surface area contributed by atoms with Crippen molar-refractivity contribution in [3.05, 3.63) is 53.6 Å². The number of hydrogen-bond acceptors (Lipinski definition) is 1. The summed E-state index contributed by atoms with van der Waals surface area (Å²) in [7, 11) is 0. The van der Waals surface area contributed by atoms with E-state index in [1.165, 1.54) is 12.1 Å². The van der Waals surface area contributed by atoms with Gasteiger partial charge in [0.2, 0.25) is 0 Å². The van der Waals surface area contributed by atoms with Crippen LogP contribution in [0.4, 0.5) is 13.2 Å². The number of aromatic hydroxyl groups is 1. The van der Waals surface area contributed by atoms with E-state index >= 15 is 0 Å². The zero-order chi connectivity index (χ0) is 14.0. The van der Waals surface area contributed by atoms with Gasteiger partial charge in [-0.25, -0.2) is 0 Å². The average molecular weight is 266 g/mol. The quantitative estimate of drug-likeness (QED) is 0.850. The van der Waals surface area contributed by atoms with Crippen LogP contribution in [0.3, 0.4) is 0 Å². The number of phenols is 1. The van der Waals surface area contributed by atoms with Crippen molar-refractivity contribution in [2.24, 2.45) is 0 Å². The van der Waals surface area contributed by atoms with Crippen LogP contribution in [0.2, 0.25) is 0 Å². The molecule has 0 atom stereocenters. The molecular weight excluding hydrogens is 253 g/mol. The van der Waals surface area contributed by atoms with Crippen LogP contribution in [0.25, 0.3) is 11.1 Å². The fourth-order valence-electron chi connectivity index (χ4n) is 2.02. The van der Waals surface area contributed by atoms with E-state index in [0.717, 1.165) is 5.56 Å². The zero-order valence-electron chi connectivity index (χ0n) is 10.3. The van der Waals surface area contributed by atoms with Crippen LogP contribution >= 0.6 is 0 Å². The second-order valence-electron chi connectivity index (χ2n) is 4.55. The lowest BCUT2D eigenvalue weighted by molar-refractivity contribution is -0.127. The standard InChI is InChI=1S/C15H13F3O/c1-10-5-13(8-14(19)6-10)12-4-2-3-11(7-12)9-15(16,17)18/h2-8,19H,9H2,1H3. The van der Waals surface area contributed by atoms with Crippen molar-refractivity contribution in [1.82, 2.24) is 0 Å². The Kier molecular flexibility index (Phi) is 3.51.